The molecular weight excluding hydrogens is 403 g/mol. The first-order chi connectivity index (χ1) is 14.9. The number of carbonyl (C=O) groups is 4. The summed E-state index contributed by atoms with van der Waals surface area (Å²) >= 11 is 0. The Hall–Kier alpha value is -3.81. The second kappa shape index (κ2) is 8.51. The molecule has 1 aliphatic carbocycles. The highest BCUT2D eigenvalue weighted by molar-refractivity contribution is 6.22. The van der Waals surface area contributed by atoms with E-state index in [1.807, 2.05) is 12.2 Å². The van der Waals surface area contributed by atoms with Crippen molar-refractivity contribution >= 4 is 35.1 Å². The molecule has 1 saturated heterocycles. The van der Waals surface area contributed by atoms with E-state index >= 15 is 0 Å². The molecule has 1 aliphatic heterocycles. The second-order valence-corrected chi connectivity index (χ2v) is 7.35. The molecule has 1 N–H and O–H groups in total. The molecule has 0 spiro atoms. The minimum atomic E-state index is -0.724. The van der Waals surface area contributed by atoms with Crippen LogP contribution in [0.5, 0.6) is 0 Å². The first-order valence-corrected chi connectivity index (χ1v) is 9.79. The van der Waals surface area contributed by atoms with E-state index in [1.54, 1.807) is 0 Å². The lowest BCUT2D eigenvalue weighted by Gasteiger charge is -2.15. The number of ether oxygens (including phenoxy) is 1. The maximum atomic E-state index is 12.9. The van der Waals surface area contributed by atoms with Crippen molar-refractivity contribution in [3.8, 4) is 0 Å². The van der Waals surface area contributed by atoms with Crippen molar-refractivity contribution in [3.63, 3.8) is 0 Å². The molecule has 0 unspecified atom stereocenters. The van der Waals surface area contributed by atoms with Gasteiger partial charge in [0.2, 0.25) is 11.8 Å². The third-order valence-electron chi connectivity index (χ3n) is 5.33. The van der Waals surface area contributed by atoms with Gasteiger partial charge >= 0.3 is 5.97 Å². The lowest BCUT2D eigenvalue weighted by atomic mass is 9.85. The number of hydrogen-bond donors (Lipinski definition) is 1. The van der Waals surface area contributed by atoms with Gasteiger partial charge in [-0.1, -0.05) is 12.2 Å². The Labute approximate surface area is 177 Å². The fourth-order valence-electron chi connectivity index (χ4n) is 3.75. The first kappa shape index (κ1) is 20.5. The number of nitrogens with one attached hydrogen (secondary N) is 1. The number of rotatable bonds is 5. The zero-order chi connectivity index (χ0) is 22.0. The van der Waals surface area contributed by atoms with Gasteiger partial charge in [-0.25, -0.2) is 9.18 Å². The quantitative estimate of drug-likeness (QED) is 0.454. The minimum absolute atomic E-state index is 0.177. The average Bonchev–Trinajstić information content (AvgIpc) is 3.04. The molecule has 2 atom stereocenters. The summed E-state index contributed by atoms with van der Waals surface area (Å²) in [5, 5.41) is 2.49. The summed E-state index contributed by atoms with van der Waals surface area (Å²) in [6, 6.07) is 11.1. The van der Waals surface area contributed by atoms with E-state index in [2.05, 4.69) is 5.32 Å². The summed E-state index contributed by atoms with van der Waals surface area (Å²) in [5.74, 6) is -2.85. The third-order valence-corrected chi connectivity index (χ3v) is 5.33. The lowest BCUT2D eigenvalue weighted by molar-refractivity contribution is -0.122. The molecule has 8 heteroatoms. The number of amides is 3. The van der Waals surface area contributed by atoms with Crippen LogP contribution in [0.3, 0.4) is 0 Å². The molecule has 31 heavy (non-hydrogen) atoms. The van der Waals surface area contributed by atoms with Crippen LogP contribution in [-0.2, 0) is 19.1 Å². The van der Waals surface area contributed by atoms with Crippen molar-refractivity contribution in [2.75, 3.05) is 16.8 Å². The summed E-state index contributed by atoms with van der Waals surface area (Å²) in [4.78, 5) is 50.5. The van der Waals surface area contributed by atoms with E-state index in [0.717, 1.165) is 0 Å². The van der Waals surface area contributed by atoms with Gasteiger partial charge in [-0.05, 0) is 61.4 Å². The van der Waals surface area contributed by atoms with Crippen LogP contribution in [-0.4, -0.2) is 30.3 Å². The standard InChI is InChI=1S/C23H19FN2O5/c24-15-7-9-16(10-8-15)25-20(27)13-31-23(30)14-5-11-17(12-6-14)26-21(28)18-3-1-2-4-19(18)22(26)29/h1-2,5-12,18-19H,3-4,13H2,(H,25,27)/t18-,19+. The minimum Gasteiger partial charge on any atom is -0.452 e. The zero-order valence-electron chi connectivity index (χ0n) is 16.4. The van der Waals surface area contributed by atoms with E-state index in [1.165, 1.54) is 53.4 Å². The molecular formula is C23H19FN2O5. The molecule has 2 aromatic rings. The van der Waals surface area contributed by atoms with E-state index in [4.69, 9.17) is 4.74 Å². The molecule has 4 rings (SSSR count). The highest BCUT2D eigenvalue weighted by atomic mass is 19.1. The first-order valence-electron chi connectivity index (χ1n) is 9.79. The Morgan fingerprint density at radius 1 is 0.935 bits per heavy atom. The van der Waals surface area contributed by atoms with E-state index in [-0.39, 0.29) is 29.2 Å². The lowest BCUT2D eigenvalue weighted by Crippen LogP contribution is -2.30. The van der Waals surface area contributed by atoms with Crippen molar-refractivity contribution in [1.29, 1.82) is 0 Å². The van der Waals surface area contributed by atoms with Crippen LogP contribution < -0.4 is 10.2 Å². The number of halogens is 1. The predicted octanol–water partition coefficient (Wildman–Crippen LogP) is 3.08. The summed E-state index contributed by atoms with van der Waals surface area (Å²) < 4.78 is 17.9. The Balaban J connectivity index is 1.35. The summed E-state index contributed by atoms with van der Waals surface area (Å²) in [6.45, 7) is -0.516. The van der Waals surface area contributed by atoms with Gasteiger partial charge in [0.15, 0.2) is 6.61 Å². The van der Waals surface area contributed by atoms with Crippen molar-refractivity contribution < 1.29 is 28.3 Å². The van der Waals surface area contributed by atoms with Gasteiger partial charge in [0.25, 0.3) is 5.91 Å². The van der Waals surface area contributed by atoms with Crippen LogP contribution in [0, 0.1) is 17.7 Å². The second-order valence-electron chi connectivity index (χ2n) is 7.35. The number of benzene rings is 2. The van der Waals surface area contributed by atoms with Gasteiger partial charge in [-0.3, -0.25) is 19.3 Å². The number of allylic oxidation sites excluding steroid dienone is 2. The van der Waals surface area contributed by atoms with Crippen LogP contribution in [0.25, 0.3) is 0 Å². The zero-order valence-corrected chi connectivity index (χ0v) is 16.4. The number of nitrogens with zero attached hydrogens (tertiary/aromatic N) is 1. The number of anilines is 2. The number of hydrogen-bond acceptors (Lipinski definition) is 5. The van der Waals surface area contributed by atoms with E-state index in [9.17, 15) is 23.6 Å². The number of imide groups is 1. The third kappa shape index (κ3) is 4.23. The normalized spacial score (nSPS) is 19.8. The molecule has 158 valence electrons. The molecule has 7 nitrogen and oxygen atoms in total. The largest absolute Gasteiger partial charge is 0.452 e. The van der Waals surface area contributed by atoms with Gasteiger partial charge in [0.1, 0.15) is 5.82 Å². The Morgan fingerprint density at radius 2 is 1.52 bits per heavy atom. The molecule has 3 amide bonds. The molecule has 0 saturated carbocycles. The fourth-order valence-corrected chi connectivity index (χ4v) is 3.75. The monoisotopic (exact) mass is 422 g/mol. The Morgan fingerprint density at radius 3 is 2.10 bits per heavy atom. The fraction of sp³-hybridized carbons (Fsp3) is 0.217. The molecule has 1 heterocycles. The number of carbonyl (C=O) groups excluding carboxylic acids is 4. The van der Waals surface area contributed by atoms with Crippen LogP contribution in [0.1, 0.15) is 23.2 Å². The van der Waals surface area contributed by atoms with Crippen molar-refractivity contribution in [2.24, 2.45) is 11.8 Å². The molecule has 0 aromatic heterocycles. The Kier molecular flexibility index (Phi) is 5.62. The van der Waals surface area contributed by atoms with E-state index < -0.39 is 24.3 Å². The van der Waals surface area contributed by atoms with Crippen molar-refractivity contribution in [2.45, 2.75) is 12.8 Å². The topological polar surface area (TPSA) is 92.8 Å². The van der Waals surface area contributed by atoms with Crippen molar-refractivity contribution in [1.82, 2.24) is 0 Å². The smallest absolute Gasteiger partial charge is 0.338 e. The number of fused-ring (bicyclic) bond motifs is 1. The van der Waals surface area contributed by atoms with Gasteiger partial charge < -0.3 is 10.1 Å². The van der Waals surface area contributed by atoms with Crippen LogP contribution in [0.4, 0.5) is 15.8 Å². The van der Waals surface area contributed by atoms with Gasteiger partial charge in [0.05, 0.1) is 23.1 Å². The summed E-state index contributed by atoms with van der Waals surface area (Å²) in [7, 11) is 0. The van der Waals surface area contributed by atoms with Crippen LogP contribution in [0.15, 0.2) is 60.7 Å². The van der Waals surface area contributed by atoms with Crippen LogP contribution in [0.2, 0.25) is 0 Å². The maximum absolute atomic E-state index is 12.9. The average molecular weight is 422 g/mol. The molecule has 0 radical (unpaired) electrons. The molecule has 0 bridgehead atoms. The highest BCUT2D eigenvalue weighted by Crippen LogP contribution is 2.37. The van der Waals surface area contributed by atoms with Crippen molar-refractivity contribution in [3.05, 3.63) is 72.1 Å². The molecule has 2 aromatic carbocycles. The van der Waals surface area contributed by atoms with Crippen LogP contribution >= 0.6 is 0 Å². The maximum Gasteiger partial charge on any atom is 0.338 e. The highest BCUT2D eigenvalue weighted by Gasteiger charge is 2.47. The van der Waals surface area contributed by atoms with Gasteiger partial charge in [0, 0.05) is 5.69 Å². The van der Waals surface area contributed by atoms with Gasteiger partial charge in [-0.15, -0.1) is 0 Å². The Bertz CT molecular complexity index is 1040. The van der Waals surface area contributed by atoms with E-state index in [0.29, 0.717) is 24.2 Å². The summed E-state index contributed by atoms with van der Waals surface area (Å²) in [6.07, 6.45) is 4.94. The molecule has 1 fully saturated rings. The molecule has 2 aliphatic rings. The summed E-state index contributed by atoms with van der Waals surface area (Å²) in [5.41, 5.74) is 0.953. The SMILES string of the molecule is O=C(COC(=O)c1ccc(N2C(=O)[C@H]3CC=CC[C@H]3C2=O)cc1)Nc1ccc(F)cc1. The number of esters is 1. The predicted molar refractivity (Wildman–Crippen MR) is 110 cm³/mol. The van der Waals surface area contributed by atoms with Gasteiger partial charge in [-0.2, -0.15) is 0 Å².